The number of aryl methyl sites for hydroxylation is 1. The molecule has 0 radical (unpaired) electrons. The molecule has 2 heterocycles. The Morgan fingerprint density at radius 3 is 2.58 bits per heavy atom. The van der Waals surface area contributed by atoms with E-state index in [9.17, 15) is 0 Å². The van der Waals surface area contributed by atoms with Gasteiger partial charge >= 0.3 is 0 Å². The van der Waals surface area contributed by atoms with Gasteiger partial charge in [-0.05, 0) is 57.4 Å². The fraction of sp³-hybridized carbons (Fsp3) is 0.353. The van der Waals surface area contributed by atoms with Gasteiger partial charge in [0, 0.05) is 16.1 Å². The highest BCUT2D eigenvalue weighted by atomic mass is 32.1. The normalized spacial score (nSPS) is 18.5. The molecule has 1 aliphatic heterocycles. The van der Waals surface area contributed by atoms with Crippen molar-refractivity contribution in [3.8, 4) is 16.5 Å². The zero-order valence-corrected chi connectivity index (χ0v) is 15.0. The number of anilines is 1. The van der Waals surface area contributed by atoms with Crippen molar-refractivity contribution in [1.82, 2.24) is 16.0 Å². The summed E-state index contributed by atoms with van der Waals surface area (Å²) >= 11 is 1.51. The van der Waals surface area contributed by atoms with Crippen LogP contribution in [0.3, 0.4) is 0 Å². The quantitative estimate of drug-likeness (QED) is 0.637. The number of fused-ring (bicyclic) bond motifs is 1. The number of nitrogens with zero attached hydrogens (tertiary/aromatic N) is 1. The summed E-state index contributed by atoms with van der Waals surface area (Å²) in [5.41, 5.74) is 4.14. The van der Waals surface area contributed by atoms with Gasteiger partial charge in [0.2, 0.25) is 5.85 Å². The smallest absolute Gasteiger partial charge is 0.207 e. The Morgan fingerprint density at radius 2 is 2.00 bits per heavy atom. The van der Waals surface area contributed by atoms with Crippen molar-refractivity contribution in [2.24, 2.45) is 0 Å². The van der Waals surface area contributed by atoms with Crippen LogP contribution in [0.2, 0.25) is 0 Å². The molecule has 1 aromatic carbocycles. The van der Waals surface area contributed by atoms with Crippen LogP contribution < -0.4 is 21.3 Å². The lowest BCUT2D eigenvalue weighted by Crippen LogP contribution is -2.60. The van der Waals surface area contributed by atoms with E-state index in [2.05, 4.69) is 39.5 Å². The van der Waals surface area contributed by atoms with Crippen molar-refractivity contribution in [3.05, 3.63) is 40.3 Å². The van der Waals surface area contributed by atoms with Crippen LogP contribution in [0.5, 0.6) is 0 Å². The maximum Gasteiger partial charge on any atom is 0.207 e. The second-order valence-corrected chi connectivity index (χ2v) is 6.66. The molecular formula is C17H21N5OS. The molecule has 0 aliphatic carbocycles. The first kappa shape index (κ1) is 16.9. The monoisotopic (exact) mass is 343 g/mol. The van der Waals surface area contributed by atoms with Gasteiger partial charge in [-0.15, -0.1) is 11.3 Å². The number of benzene rings is 1. The van der Waals surface area contributed by atoms with Gasteiger partial charge in [-0.25, -0.2) is 0 Å². The van der Waals surface area contributed by atoms with Crippen LogP contribution >= 0.6 is 11.3 Å². The van der Waals surface area contributed by atoms with Crippen molar-refractivity contribution in [2.45, 2.75) is 19.1 Å². The Hall–Kier alpha value is -1.95. The Balaban J connectivity index is 2.12. The van der Waals surface area contributed by atoms with Gasteiger partial charge < -0.3 is 10.1 Å². The van der Waals surface area contributed by atoms with E-state index in [4.69, 9.17) is 10.00 Å². The first-order valence-electron chi connectivity index (χ1n) is 7.71. The minimum absolute atomic E-state index is 0.308. The second-order valence-electron chi connectivity index (χ2n) is 5.61. The third-order valence-electron chi connectivity index (χ3n) is 4.24. The molecule has 4 N–H and O–H groups in total. The van der Waals surface area contributed by atoms with Crippen molar-refractivity contribution in [2.75, 3.05) is 26.5 Å². The fourth-order valence-corrected chi connectivity index (χ4v) is 3.95. The number of nitrogens with one attached hydrogen (secondary N) is 4. The molecule has 6 nitrogen and oxygen atoms in total. The number of rotatable bonds is 4. The molecule has 1 aliphatic rings. The molecule has 2 aromatic rings. The first-order chi connectivity index (χ1) is 11.6. The second kappa shape index (κ2) is 6.51. The molecule has 126 valence electrons. The Bertz CT molecular complexity index is 791. The predicted octanol–water partition coefficient (Wildman–Crippen LogP) is 2.09. The Morgan fingerprint density at radius 1 is 1.25 bits per heavy atom. The molecule has 0 saturated heterocycles. The molecule has 0 saturated carbocycles. The topological polar surface area (TPSA) is 81.1 Å². The SMILES string of the molecule is CNC1Nc2ccc(-c3sc(C#N)cc3C)cc2C(NC)(NC)O1. The molecular weight excluding hydrogens is 322 g/mol. The minimum Gasteiger partial charge on any atom is -0.347 e. The Kier molecular flexibility index (Phi) is 4.58. The maximum absolute atomic E-state index is 9.13. The van der Waals surface area contributed by atoms with Gasteiger partial charge in [0.25, 0.3) is 0 Å². The van der Waals surface area contributed by atoms with Gasteiger partial charge in [-0.2, -0.15) is 5.26 Å². The minimum atomic E-state index is -0.798. The fourth-order valence-electron chi connectivity index (χ4n) is 2.98. The highest BCUT2D eigenvalue weighted by Crippen LogP contribution is 2.39. The summed E-state index contributed by atoms with van der Waals surface area (Å²) in [5.74, 6) is -0.798. The van der Waals surface area contributed by atoms with Crippen LogP contribution in [0.25, 0.3) is 10.4 Å². The lowest BCUT2D eigenvalue weighted by molar-refractivity contribution is -0.141. The summed E-state index contributed by atoms with van der Waals surface area (Å²) in [5, 5.41) is 22.0. The van der Waals surface area contributed by atoms with Crippen LogP contribution in [0.15, 0.2) is 24.3 Å². The molecule has 0 fully saturated rings. The summed E-state index contributed by atoms with van der Waals surface area (Å²) in [6.07, 6.45) is -0.308. The third kappa shape index (κ3) is 2.69. The van der Waals surface area contributed by atoms with Gasteiger partial charge in [-0.1, -0.05) is 6.07 Å². The summed E-state index contributed by atoms with van der Waals surface area (Å²) < 4.78 is 6.10. The summed E-state index contributed by atoms with van der Waals surface area (Å²) in [6.45, 7) is 2.03. The van der Waals surface area contributed by atoms with E-state index in [1.54, 1.807) is 0 Å². The molecule has 1 aromatic heterocycles. The number of hydrogen-bond donors (Lipinski definition) is 4. The number of ether oxygens (including phenoxy) is 1. The number of hydrogen-bond acceptors (Lipinski definition) is 7. The summed E-state index contributed by atoms with van der Waals surface area (Å²) in [7, 11) is 5.55. The lowest BCUT2D eigenvalue weighted by Gasteiger charge is -2.42. The van der Waals surface area contributed by atoms with Crippen molar-refractivity contribution in [3.63, 3.8) is 0 Å². The first-order valence-corrected chi connectivity index (χ1v) is 8.53. The maximum atomic E-state index is 9.13. The van der Waals surface area contributed by atoms with Gasteiger partial charge in [0.1, 0.15) is 10.9 Å². The summed E-state index contributed by atoms with van der Waals surface area (Å²) in [6, 6.07) is 10.4. The van der Waals surface area contributed by atoms with Crippen LogP contribution in [0.4, 0.5) is 5.69 Å². The largest absolute Gasteiger partial charge is 0.347 e. The van der Waals surface area contributed by atoms with Gasteiger partial charge in [-0.3, -0.25) is 16.0 Å². The zero-order chi connectivity index (χ0) is 17.3. The highest BCUT2D eigenvalue weighted by molar-refractivity contribution is 7.16. The molecule has 1 unspecified atom stereocenters. The van der Waals surface area contributed by atoms with E-state index in [-0.39, 0.29) is 6.35 Å². The van der Waals surface area contributed by atoms with Crippen LogP contribution in [-0.4, -0.2) is 27.5 Å². The van der Waals surface area contributed by atoms with Gasteiger partial charge in [0.15, 0.2) is 6.35 Å². The van der Waals surface area contributed by atoms with Crippen LogP contribution in [0, 0.1) is 18.3 Å². The van der Waals surface area contributed by atoms with E-state index in [0.29, 0.717) is 0 Å². The standard InChI is InChI=1S/C17H21N5OS/c1-10-7-12(9-18)24-15(10)11-5-6-14-13(8-11)17(20-3,21-4)23-16(19-2)22-14/h5-8,16,19-22H,1-4H3. The summed E-state index contributed by atoms with van der Waals surface area (Å²) in [4.78, 5) is 1.82. The van der Waals surface area contributed by atoms with E-state index in [0.717, 1.165) is 32.1 Å². The van der Waals surface area contributed by atoms with Crippen molar-refractivity contribution in [1.29, 1.82) is 5.26 Å². The van der Waals surface area contributed by atoms with E-state index < -0.39 is 5.85 Å². The average molecular weight is 343 g/mol. The third-order valence-corrected chi connectivity index (χ3v) is 5.43. The molecule has 0 bridgehead atoms. The van der Waals surface area contributed by atoms with E-state index >= 15 is 0 Å². The molecule has 1 atom stereocenters. The highest BCUT2D eigenvalue weighted by Gasteiger charge is 2.39. The molecule has 0 amide bonds. The van der Waals surface area contributed by atoms with E-state index in [1.807, 2.05) is 40.2 Å². The van der Waals surface area contributed by atoms with Crippen LogP contribution in [-0.2, 0) is 10.6 Å². The van der Waals surface area contributed by atoms with Gasteiger partial charge in [0.05, 0.1) is 0 Å². The lowest BCUT2D eigenvalue weighted by atomic mass is 10.00. The molecule has 3 rings (SSSR count). The van der Waals surface area contributed by atoms with Crippen molar-refractivity contribution >= 4 is 17.0 Å². The zero-order valence-electron chi connectivity index (χ0n) is 14.2. The number of thiophene rings is 1. The molecule has 24 heavy (non-hydrogen) atoms. The van der Waals surface area contributed by atoms with E-state index in [1.165, 1.54) is 11.3 Å². The van der Waals surface area contributed by atoms with Crippen molar-refractivity contribution < 1.29 is 4.74 Å². The number of nitriles is 1. The van der Waals surface area contributed by atoms with Crippen LogP contribution in [0.1, 0.15) is 16.0 Å². The molecule has 7 heteroatoms. The average Bonchev–Trinajstić information content (AvgIpc) is 3.01. The predicted molar refractivity (Wildman–Crippen MR) is 96.6 cm³/mol. The molecule has 0 spiro atoms. The Labute approximate surface area is 145 Å².